The first-order chi connectivity index (χ1) is 15.2. The van der Waals surface area contributed by atoms with Crippen LogP contribution in [0.25, 0.3) is 0 Å². The van der Waals surface area contributed by atoms with E-state index in [2.05, 4.69) is 15.3 Å². The molecule has 1 heterocycles. The van der Waals surface area contributed by atoms with E-state index in [4.69, 9.17) is 4.74 Å². The van der Waals surface area contributed by atoms with Gasteiger partial charge in [-0.2, -0.15) is 13.8 Å². The maximum atomic E-state index is 13.7. The highest BCUT2D eigenvalue weighted by atomic mass is 32.2. The summed E-state index contributed by atoms with van der Waals surface area (Å²) in [5.74, 6) is -9.07. The molecule has 0 saturated heterocycles. The molecule has 178 valence electrons. The number of hydrogen-bond acceptors (Lipinski definition) is 6. The second kappa shape index (κ2) is 9.08. The Kier molecular flexibility index (Phi) is 6.78. The Bertz CT molecular complexity index is 1140. The third-order valence-corrected chi connectivity index (χ3v) is 5.46. The number of rotatable bonds is 8. The summed E-state index contributed by atoms with van der Waals surface area (Å²) in [4.78, 5) is 20.1. The molecule has 0 radical (unpaired) electrons. The first-order valence-corrected chi connectivity index (χ1v) is 11.7. The lowest BCUT2D eigenvalue weighted by Gasteiger charge is -2.39. The van der Waals surface area contributed by atoms with E-state index in [0.29, 0.717) is 6.92 Å². The van der Waals surface area contributed by atoms with Crippen LogP contribution in [0.5, 0.6) is 11.6 Å². The van der Waals surface area contributed by atoms with Crippen molar-refractivity contribution in [2.45, 2.75) is 37.7 Å². The quantitative estimate of drug-likeness (QED) is 0.564. The molecule has 0 spiro atoms. The number of halogens is 4. The first-order valence-electron chi connectivity index (χ1n) is 9.79. The number of aromatic nitrogens is 2. The summed E-state index contributed by atoms with van der Waals surface area (Å²) in [7, 11) is -3.59. The molecule has 3 rings (SSSR count). The van der Waals surface area contributed by atoms with Crippen LogP contribution in [0, 0.1) is 5.92 Å². The maximum Gasteiger partial charge on any atom is 0.303 e. The molecule has 33 heavy (non-hydrogen) atoms. The van der Waals surface area contributed by atoms with E-state index in [1.807, 2.05) is 0 Å². The molecule has 2 aromatic rings. The van der Waals surface area contributed by atoms with E-state index >= 15 is 0 Å². The smallest absolute Gasteiger partial charge is 0.303 e. The summed E-state index contributed by atoms with van der Waals surface area (Å²) in [6.45, 7) is 0.581. The Labute approximate surface area is 187 Å². The van der Waals surface area contributed by atoms with Crippen LogP contribution in [0.2, 0.25) is 0 Å². The SMILES string of the molecule is CC(F)(F)c1ncc(C(=O)NC(/C=C/S(C)(=O)=O)C2CC(F)(F)C2)c(Oc2ccccc2)n1. The van der Waals surface area contributed by atoms with Gasteiger partial charge in [-0.15, -0.1) is 0 Å². The number of benzene rings is 1. The molecule has 1 aliphatic carbocycles. The largest absolute Gasteiger partial charge is 0.438 e. The number of amides is 1. The van der Waals surface area contributed by atoms with Crippen molar-refractivity contribution >= 4 is 15.7 Å². The number of carbonyl (C=O) groups excluding carboxylic acids is 1. The first kappa shape index (κ1) is 24.6. The van der Waals surface area contributed by atoms with Crippen molar-refractivity contribution < 1.29 is 35.5 Å². The second-order valence-electron chi connectivity index (χ2n) is 7.90. The van der Waals surface area contributed by atoms with Gasteiger partial charge in [0.25, 0.3) is 5.91 Å². The van der Waals surface area contributed by atoms with Crippen molar-refractivity contribution in [1.82, 2.24) is 15.3 Å². The zero-order valence-electron chi connectivity index (χ0n) is 17.6. The van der Waals surface area contributed by atoms with Crippen molar-refractivity contribution in [2.24, 2.45) is 5.92 Å². The number of sulfone groups is 1. The van der Waals surface area contributed by atoms with E-state index in [0.717, 1.165) is 23.9 Å². The van der Waals surface area contributed by atoms with Gasteiger partial charge in [-0.1, -0.05) is 24.3 Å². The maximum absolute atomic E-state index is 13.7. The normalized spacial score (nSPS) is 17.4. The minimum Gasteiger partial charge on any atom is -0.438 e. The third kappa shape index (κ3) is 6.73. The van der Waals surface area contributed by atoms with Crippen LogP contribution < -0.4 is 10.1 Å². The van der Waals surface area contributed by atoms with Crippen LogP contribution in [-0.2, 0) is 15.8 Å². The molecular weight excluding hydrogens is 466 g/mol. The Balaban J connectivity index is 1.92. The topological polar surface area (TPSA) is 98.2 Å². The van der Waals surface area contributed by atoms with E-state index in [-0.39, 0.29) is 11.3 Å². The highest BCUT2D eigenvalue weighted by Gasteiger charge is 2.48. The molecular formula is C21H21F4N3O4S. The third-order valence-electron chi connectivity index (χ3n) is 4.81. The van der Waals surface area contributed by atoms with Gasteiger partial charge >= 0.3 is 5.92 Å². The van der Waals surface area contributed by atoms with E-state index in [1.54, 1.807) is 18.2 Å². The number of nitrogens with zero attached hydrogens (tertiary/aromatic N) is 2. The molecule has 1 aromatic heterocycles. The van der Waals surface area contributed by atoms with E-state index in [9.17, 15) is 30.8 Å². The van der Waals surface area contributed by atoms with Gasteiger partial charge in [0, 0.05) is 37.6 Å². The van der Waals surface area contributed by atoms with Crippen LogP contribution >= 0.6 is 0 Å². The van der Waals surface area contributed by atoms with Crippen molar-refractivity contribution in [1.29, 1.82) is 0 Å². The van der Waals surface area contributed by atoms with Crippen LogP contribution in [-0.4, -0.2) is 42.5 Å². The van der Waals surface area contributed by atoms with Gasteiger partial charge in [0.1, 0.15) is 11.3 Å². The van der Waals surface area contributed by atoms with Gasteiger partial charge in [0.2, 0.25) is 17.6 Å². The van der Waals surface area contributed by atoms with Gasteiger partial charge in [0.05, 0.1) is 6.04 Å². The van der Waals surface area contributed by atoms with Crippen LogP contribution in [0.3, 0.4) is 0 Å². The molecule has 0 aliphatic heterocycles. The number of ether oxygens (including phenoxy) is 1. The minimum atomic E-state index is -3.59. The lowest BCUT2D eigenvalue weighted by molar-refractivity contribution is -0.114. The summed E-state index contributed by atoms with van der Waals surface area (Å²) < 4.78 is 82.7. The monoisotopic (exact) mass is 487 g/mol. The van der Waals surface area contributed by atoms with Gasteiger partial charge in [-0.3, -0.25) is 4.79 Å². The molecule has 12 heteroatoms. The Morgan fingerprint density at radius 1 is 1.27 bits per heavy atom. The highest BCUT2D eigenvalue weighted by Crippen LogP contribution is 2.44. The summed E-state index contributed by atoms with van der Waals surface area (Å²) in [5.41, 5.74) is -0.323. The second-order valence-corrected chi connectivity index (χ2v) is 9.83. The fraction of sp³-hybridized carbons (Fsp3) is 0.381. The van der Waals surface area contributed by atoms with E-state index < -0.39 is 64.1 Å². The summed E-state index contributed by atoms with van der Waals surface area (Å²) in [6.07, 6.45) is 1.79. The van der Waals surface area contributed by atoms with Gasteiger partial charge in [-0.05, 0) is 18.1 Å². The Hall–Kier alpha value is -3.02. The minimum absolute atomic E-state index is 0.211. The van der Waals surface area contributed by atoms with Crippen LogP contribution in [0.1, 0.15) is 35.9 Å². The lowest BCUT2D eigenvalue weighted by atomic mass is 9.76. The standard InChI is InChI=1S/C21H21F4N3O4S/c1-20(22,23)19-26-12-15(18(28-19)32-14-6-4-3-5-7-14)17(29)27-16(8-9-33(2,30)31)13-10-21(24,25)11-13/h3-9,12-13,16H,10-11H2,1-2H3,(H,27,29)/b9-8+. The molecule has 1 aromatic carbocycles. The van der Waals surface area contributed by atoms with Crippen molar-refractivity contribution in [3.8, 4) is 11.6 Å². The zero-order chi connectivity index (χ0) is 24.4. The molecule has 0 bridgehead atoms. The predicted octanol–water partition coefficient (Wildman–Crippen LogP) is 4.08. The Morgan fingerprint density at radius 2 is 1.91 bits per heavy atom. The highest BCUT2D eigenvalue weighted by molar-refractivity contribution is 7.93. The number of para-hydroxylation sites is 1. The molecule has 1 unspecified atom stereocenters. The average Bonchev–Trinajstić information content (AvgIpc) is 2.68. The number of hydrogen-bond donors (Lipinski definition) is 1. The zero-order valence-corrected chi connectivity index (χ0v) is 18.5. The number of carbonyl (C=O) groups is 1. The van der Waals surface area contributed by atoms with Gasteiger partial charge in [-0.25, -0.2) is 22.2 Å². The van der Waals surface area contributed by atoms with Crippen LogP contribution in [0.4, 0.5) is 17.6 Å². The summed E-state index contributed by atoms with van der Waals surface area (Å²) in [6, 6.07) is 6.91. The van der Waals surface area contributed by atoms with Crippen molar-refractivity contribution in [2.75, 3.05) is 6.26 Å². The van der Waals surface area contributed by atoms with Crippen molar-refractivity contribution in [3.63, 3.8) is 0 Å². The molecule has 1 N–H and O–H groups in total. The summed E-state index contributed by atoms with van der Waals surface area (Å²) in [5, 5.41) is 3.27. The summed E-state index contributed by atoms with van der Waals surface area (Å²) >= 11 is 0. The molecule has 1 amide bonds. The van der Waals surface area contributed by atoms with E-state index in [1.165, 1.54) is 12.1 Å². The lowest BCUT2D eigenvalue weighted by Crippen LogP contribution is -2.49. The molecule has 1 aliphatic rings. The number of alkyl halides is 4. The molecule has 1 saturated carbocycles. The fourth-order valence-electron chi connectivity index (χ4n) is 3.15. The fourth-order valence-corrected chi connectivity index (χ4v) is 3.61. The van der Waals surface area contributed by atoms with Crippen molar-refractivity contribution in [3.05, 3.63) is 59.4 Å². The number of nitrogens with one attached hydrogen (secondary N) is 1. The average molecular weight is 487 g/mol. The van der Waals surface area contributed by atoms with Gasteiger partial charge in [0.15, 0.2) is 9.84 Å². The molecule has 1 fully saturated rings. The van der Waals surface area contributed by atoms with Crippen LogP contribution in [0.15, 0.2) is 48.0 Å². The molecule has 7 nitrogen and oxygen atoms in total. The predicted molar refractivity (Wildman–Crippen MR) is 111 cm³/mol. The van der Waals surface area contributed by atoms with Gasteiger partial charge < -0.3 is 10.1 Å². The molecule has 1 atom stereocenters. The Morgan fingerprint density at radius 3 is 2.45 bits per heavy atom.